The van der Waals surface area contributed by atoms with Crippen molar-refractivity contribution in [1.82, 2.24) is 0 Å². The van der Waals surface area contributed by atoms with Gasteiger partial charge in [0.05, 0.1) is 6.67 Å². The van der Waals surface area contributed by atoms with Crippen LogP contribution in [0.1, 0.15) is 33.6 Å². The van der Waals surface area contributed by atoms with E-state index in [4.69, 9.17) is 0 Å². The van der Waals surface area contributed by atoms with Gasteiger partial charge in [0, 0.05) is 0 Å². The van der Waals surface area contributed by atoms with Gasteiger partial charge in [-0.3, -0.25) is 4.39 Å². The molecule has 70 valence electrons. The Morgan fingerprint density at radius 3 is 2.42 bits per heavy atom. The van der Waals surface area contributed by atoms with Crippen molar-refractivity contribution in [3.8, 4) is 0 Å². The summed E-state index contributed by atoms with van der Waals surface area (Å²) < 4.78 is 12.7. The highest BCUT2D eigenvalue weighted by Gasteiger charge is 2.56. The molecule has 3 aliphatic carbocycles. The van der Waals surface area contributed by atoms with E-state index >= 15 is 0 Å². The highest BCUT2D eigenvalue weighted by atomic mass is 19.1. The fourth-order valence-electron chi connectivity index (χ4n) is 3.46. The fourth-order valence-corrected chi connectivity index (χ4v) is 3.46. The van der Waals surface area contributed by atoms with Crippen molar-refractivity contribution in [3.05, 3.63) is 0 Å². The van der Waals surface area contributed by atoms with Gasteiger partial charge >= 0.3 is 0 Å². The van der Waals surface area contributed by atoms with Crippen molar-refractivity contribution in [3.63, 3.8) is 0 Å². The quantitative estimate of drug-likeness (QED) is 0.566. The number of halogens is 1. The van der Waals surface area contributed by atoms with E-state index in [1.807, 2.05) is 0 Å². The lowest BCUT2D eigenvalue weighted by molar-refractivity contribution is -0.135. The van der Waals surface area contributed by atoms with Crippen LogP contribution in [0.4, 0.5) is 4.39 Å². The Morgan fingerprint density at radius 2 is 2.00 bits per heavy atom. The van der Waals surface area contributed by atoms with E-state index in [9.17, 15) is 4.39 Å². The van der Waals surface area contributed by atoms with Crippen molar-refractivity contribution >= 4 is 0 Å². The summed E-state index contributed by atoms with van der Waals surface area (Å²) in [6, 6.07) is 0. The van der Waals surface area contributed by atoms with E-state index < -0.39 is 0 Å². The Morgan fingerprint density at radius 1 is 1.33 bits per heavy atom. The molecule has 0 heterocycles. The van der Waals surface area contributed by atoms with Crippen molar-refractivity contribution in [2.75, 3.05) is 6.67 Å². The fraction of sp³-hybridized carbons (Fsp3) is 1.00. The number of alkyl halides is 1. The van der Waals surface area contributed by atoms with Gasteiger partial charge in [-0.05, 0) is 41.9 Å². The molecule has 0 aromatic heterocycles. The lowest BCUT2D eigenvalue weighted by atomic mass is 9.43. The lowest BCUT2D eigenvalue weighted by Gasteiger charge is -2.61. The molecule has 0 amide bonds. The summed E-state index contributed by atoms with van der Waals surface area (Å²) in [5.41, 5.74) is 0.448. The normalized spacial score (nSPS) is 50.0. The zero-order chi connectivity index (χ0) is 8.93. The summed E-state index contributed by atoms with van der Waals surface area (Å²) in [6.45, 7) is 6.77. The maximum atomic E-state index is 12.7. The first kappa shape index (κ1) is 8.52. The van der Waals surface area contributed by atoms with Crippen LogP contribution in [0.3, 0.4) is 0 Å². The average Bonchev–Trinajstić information content (AvgIpc) is 2.03. The van der Waals surface area contributed by atoms with Crippen LogP contribution in [0.5, 0.6) is 0 Å². The van der Waals surface area contributed by atoms with Gasteiger partial charge in [0.2, 0.25) is 0 Å². The molecule has 0 N–H and O–H groups in total. The van der Waals surface area contributed by atoms with Crippen LogP contribution in [0.15, 0.2) is 0 Å². The van der Waals surface area contributed by atoms with Gasteiger partial charge in [-0.2, -0.15) is 0 Å². The Balaban J connectivity index is 2.15. The smallest absolute Gasteiger partial charge is 0.0928 e. The van der Waals surface area contributed by atoms with Crippen LogP contribution >= 0.6 is 0 Å². The molecule has 0 aromatic rings. The Kier molecular flexibility index (Phi) is 1.75. The molecule has 1 unspecified atom stereocenters. The number of rotatable bonds is 1. The van der Waals surface area contributed by atoms with Gasteiger partial charge in [0.1, 0.15) is 0 Å². The number of fused-ring (bicyclic) bond motifs is 2. The van der Waals surface area contributed by atoms with E-state index in [0.29, 0.717) is 23.2 Å². The molecular formula is C11H19F. The molecule has 0 saturated heterocycles. The monoisotopic (exact) mass is 170 g/mol. The third-order valence-corrected chi connectivity index (χ3v) is 4.63. The van der Waals surface area contributed by atoms with E-state index in [2.05, 4.69) is 20.8 Å². The number of hydrogen-bond donors (Lipinski definition) is 0. The SMILES string of the molecule is CC1C[C@H]2C[C@@H]([C@@H]1CF)C2(C)C. The van der Waals surface area contributed by atoms with Gasteiger partial charge in [-0.25, -0.2) is 0 Å². The van der Waals surface area contributed by atoms with E-state index in [1.165, 1.54) is 12.8 Å². The summed E-state index contributed by atoms with van der Waals surface area (Å²) in [5.74, 6) is 2.56. The van der Waals surface area contributed by atoms with Crippen molar-refractivity contribution < 1.29 is 4.39 Å². The molecule has 3 rings (SSSR count). The lowest BCUT2D eigenvalue weighted by Crippen LogP contribution is -2.55. The minimum Gasteiger partial charge on any atom is -0.251 e. The molecule has 3 aliphatic rings. The molecule has 0 spiro atoms. The molecule has 12 heavy (non-hydrogen) atoms. The minimum absolute atomic E-state index is 0.0953. The van der Waals surface area contributed by atoms with Crippen LogP contribution < -0.4 is 0 Å². The summed E-state index contributed by atoms with van der Waals surface area (Å²) in [7, 11) is 0. The van der Waals surface area contributed by atoms with E-state index in [-0.39, 0.29) is 6.67 Å². The molecule has 3 saturated carbocycles. The molecule has 0 aliphatic heterocycles. The topological polar surface area (TPSA) is 0 Å². The van der Waals surface area contributed by atoms with Crippen molar-refractivity contribution in [2.45, 2.75) is 33.6 Å². The highest BCUT2D eigenvalue weighted by molar-refractivity contribution is 5.04. The zero-order valence-electron chi connectivity index (χ0n) is 8.31. The maximum Gasteiger partial charge on any atom is 0.0928 e. The molecular weight excluding hydrogens is 151 g/mol. The maximum absolute atomic E-state index is 12.7. The van der Waals surface area contributed by atoms with Crippen LogP contribution in [0.2, 0.25) is 0 Å². The average molecular weight is 170 g/mol. The van der Waals surface area contributed by atoms with Crippen LogP contribution in [0, 0.1) is 29.1 Å². The molecule has 2 bridgehead atoms. The third-order valence-electron chi connectivity index (χ3n) is 4.63. The first-order valence-electron chi connectivity index (χ1n) is 5.13. The van der Waals surface area contributed by atoms with Gasteiger partial charge < -0.3 is 0 Å². The van der Waals surface area contributed by atoms with Gasteiger partial charge in [0.25, 0.3) is 0 Å². The molecule has 4 atom stereocenters. The van der Waals surface area contributed by atoms with Crippen LogP contribution in [-0.2, 0) is 0 Å². The summed E-state index contributed by atoms with van der Waals surface area (Å²) in [4.78, 5) is 0. The molecule has 1 heteroatoms. The Labute approximate surface area is 74.5 Å². The van der Waals surface area contributed by atoms with Crippen molar-refractivity contribution in [1.29, 1.82) is 0 Å². The second-order valence-corrected chi connectivity index (χ2v) is 5.39. The summed E-state index contributed by atoms with van der Waals surface area (Å²) in [5, 5.41) is 0. The Bertz CT molecular complexity index is 185. The molecule has 0 aromatic carbocycles. The molecule has 0 radical (unpaired) electrons. The zero-order valence-corrected chi connectivity index (χ0v) is 8.31. The van der Waals surface area contributed by atoms with E-state index in [1.54, 1.807) is 0 Å². The minimum atomic E-state index is -0.0953. The molecule has 3 fully saturated rings. The number of hydrogen-bond acceptors (Lipinski definition) is 0. The van der Waals surface area contributed by atoms with Crippen molar-refractivity contribution in [2.24, 2.45) is 29.1 Å². The Hall–Kier alpha value is -0.0700. The second kappa shape index (κ2) is 2.46. The van der Waals surface area contributed by atoms with Gasteiger partial charge in [-0.15, -0.1) is 0 Å². The van der Waals surface area contributed by atoms with E-state index in [0.717, 1.165) is 5.92 Å². The second-order valence-electron chi connectivity index (χ2n) is 5.39. The predicted octanol–water partition coefficient (Wildman–Crippen LogP) is 3.27. The standard InChI is InChI=1S/C11H19F/c1-7-4-8-5-10(9(7)6-12)11(8,2)3/h7-10H,4-6H2,1-3H3/t7?,8-,9+,10-/m0/s1. The van der Waals surface area contributed by atoms with Gasteiger partial charge in [0.15, 0.2) is 0 Å². The molecule has 0 nitrogen and oxygen atoms in total. The van der Waals surface area contributed by atoms with Crippen LogP contribution in [-0.4, -0.2) is 6.67 Å². The third kappa shape index (κ3) is 0.884. The predicted molar refractivity (Wildman–Crippen MR) is 48.6 cm³/mol. The first-order valence-corrected chi connectivity index (χ1v) is 5.13. The summed E-state index contributed by atoms with van der Waals surface area (Å²) in [6.07, 6.45) is 2.56. The largest absolute Gasteiger partial charge is 0.251 e. The van der Waals surface area contributed by atoms with Crippen LogP contribution in [0.25, 0.3) is 0 Å². The summed E-state index contributed by atoms with van der Waals surface area (Å²) >= 11 is 0. The highest BCUT2D eigenvalue weighted by Crippen LogP contribution is 2.62. The van der Waals surface area contributed by atoms with Gasteiger partial charge in [-0.1, -0.05) is 20.8 Å². The first-order chi connectivity index (χ1) is 5.57.